The van der Waals surface area contributed by atoms with Crippen molar-refractivity contribution in [3.05, 3.63) is 29.3 Å². The van der Waals surface area contributed by atoms with Crippen LogP contribution in [-0.4, -0.2) is 41.0 Å². The molecule has 1 aromatic carbocycles. The van der Waals surface area contributed by atoms with Crippen molar-refractivity contribution in [2.75, 3.05) is 18.4 Å². The molecule has 0 saturated heterocycles. The van der Waals surface area contributed by atoms with Crippen molar-refractivity contribution >= 4 is 17.6 Å². The quantitative estimate of drug-likeness (QED) is 0.810. The molecule has 116 valence electrons. The summed E-state index contributed by atoms with van der Waals surface area (Å²) in [4.78, 5) is 24.7. The van der Waals surface area contributed by atoms with Crippen LogP contribution in [0.5, 0.6) is 0 Å². The van der Waals surface area contributed by atoms with Gasteiger partial charge in [0.2, 0.25) is 5.91 Å². The van der Waals surface area contributed by atoms with Crippen LogP contribution in [0, 0.1) is 13.8 Å². The van der Waals surface area contributed by atoms with E-state index in [-0.39, 0.29) is 24.9 Å². The lowest BCUT2D eigenvalue weighted by Crippen LogP contribution is -2.40. The van der Waals surface area contributed by atoms with Crippen LogP contribution in [0.25, 0.3) is 0 Å². The summed E-state index contributed by atoms with van der Waals surface area (Å²) in [7, 11) is 0. The number of hydrogen-bond donors (Lipinski definition) is 2. The minimum atomic E-state index is -0.851. The molecule has 0 saturated carbocycles. The van der Waals surface area contributed by atoms with Crippen LogP contribution in [-0.2, 0) is 9.59 Å². The third-order valence-corrected chi connectivity index (χ3v) is 3.50. The summed E-state index contributed by atoms with van der Waals surface area (Å²) >= 11 is 0. The number of aliphatic carboxylic acids is 1. The Balaban J connectivity index is 2.64. The molecule has 0 radical (unpaired) electrons. The maximum atomic E-state index is 12.1. The van der Waals surface area contributed by atoms with E-state index in [0.717, 1.165) is 16.8 Å². The van der Waals surface area contributed by atoms with Gasteiger partial charge in [-0.15, -0.1) is 0 Å². The highest BCUT2D eigenvalue weighted by Gasteiger charge is 2.18. The number of anilines is 1. The second kappa shape index (κ2) is 7.78. The molecule has 0 aliphatic heterocycles. The monoisotopic (exact) mass is 292 g/mol. The smallest absolute Gasteiger partial charge is 0.304 e. The Bertz CT molecular complexity index is 514. The Kier molecular flexibility index (Phi) is 6.37. The van der Waals surface area contributed by atoms with E-state index in [2.05, 4.69) is 5.32 Å². The lowest BCUT2D eigenvalue weighted by Gasteiger charge is -2.26. The number of hydrogen-bond acceptors (Lipinski definition) is 3. The van der Waals surface area contributed by atoms with E-state index >= 15 is 0 Å². The number of nitrogens with one attached hydrogen (secondary N) is 1. The Morgan fingerprint density at radius 3 is 2.52 bits per heavy atom. The third-order valence-electron chi connectivity index (χ3n) is 3.50. The molecule has 0 aromatic heterocycles. The van der Waals surface area contributed by atoms with Gasteiger partial charge in [-0.1, -0.05) is 24.6 Å². The van der Waals surface area contributed by atoms with Crippen molar-refractivity contribution in [3.8, 4) is 0 Å². The molecule has 0 heterocycles. The molecular formula is C16H24N2O3. The van der Waals surface area contributed by atoms with E-state index in [1.54, 1.807) is 0 Å². The van der Waals surface area contributed by atoms with Crippen LogP contribution in [0.1, 0.15) is 31.4 Å². The van der Waals surface area contributed by atoms with Gasteiger partial charge in [0.25, 0.3) is 0 Å². The van der Waals surface area contributed by atoms with Crippen molar-refractivity contribution in [1.82, 2.24) is 4.90 Å². The molecule has 1 unspecified atom stereocenters. The molecule has 1 aromatic rings. The number of carbonyl (C=O) groups excluding carboxylic acids is 1. The maximum Gasteiger partial charge on any atom is 0.304 e. The Morgan fingerprint density at radius 2 is 2.00 bits per heavy atom. The molecule has 2 N–H and O–H groups in total. The fourth-order valence-corrected chi connectivity index (χ4v) is 2.29. The zero-order valence-corrected chi connectivity index (χ0v) is 13.1. The number of amides is 1. The fourth-order valence-electron chi connectivity index (χ4n) is 2.29. The molecule has 5 heteroatoms. The molecule has 1 rings (SSSR count). The average Bonchev–Trinajstić information content (AvgIpc) is 2.38. The molecule has 0 fully saturated rings. The molecule has 0 aliphatic carbocycles. The van der Waals surface area contributed by atoms with E-state index in [9.17, 15) is 9.59 Å². The second-order valence-electron chi connectivity index (χ2n) is 5.38. The molecule has 0 aliphatic rings. The second-order valence-corrected chi connectivity index (χ2v) is 5.38. The van der Waals surface area contributed by atoms with Gasteiger partial charge in [-0.25, -0.2) is 0 Å². The number of rotatable bonds is 7. The molecule has 0 spiro atoms. The molecule has 1 atom stereocenters. The van der Waals surface area contributed by atoms with Gasteiger partial charge in [-0.2, -0.15) is 0 Å². The molecule has 21 heavy (non-hydrogen) atoms. The first kappa shape index (κ1) is 17.2. The maximum absolute atomic E-state index is 12.1. The summed E-state index contributed by atoms with van der Waals surface area (Å²) in [5.74, 6) is -0.975. The van der Waals surface area contributed by atoms with Gasteiger partial charge in [-0.3, -0.25) is 14.5 Å². The minimum absolute atomic E-state index is 0.0324. The van der Waals surface area contributed by atoms with Gasteiger partial charge < -0.3 is 10.4 Å². The van der Waals surface area contributed by atoms with Crippen LogP contribution < -0.4 is 5.32 Å². The van der Waals surface area contributed by atoms with Crippen LogP contribution >= 0.6 is 0 Å². The first-order chi connectivity index (χ1) is 9.83. The predicted molar refractivity (Wildman–Crippen MR) is 83.5 cm³/mol. The van der Waals surface area contributed by atoms with Crippen molar-refractivity contribution in [2.45, 2.75) is 40.2 Å². The topological polar surface area (TPSA) is 69.6 Å². The summed E-state index contributed by atoms with van der Waals surface area (Å²) in [6, 6.07) is 5.69. The first-order valence-corrected chi connectivity index (χ1v) is 7.16. The number of aryl methyl sites for hydroxylation is 2. The number of carboxylic acids is 1. The Hall–Kier alpha value is -1.88. The number of carboxylic acid groups (broad SMARTS) is 1. The Morgan fingerprint density at radius 1 is 1.33 bits per heavy atom. The van der Waals surface area contributed by atoms with E-state index in [1.165, 1.54) is 0 Å². The SMILES string of the molecule is CCN(CC(=O)Nc1ccc(C)cc1C)C(C)CC(=O)O. The molecular weight excluding hydrogens is 268 g/mol. The van der Waals surface area contributed by atoms with Crippen molar-refractivity contribution < 1.29 is 14.7 Å². The fraction of sp³-hybridized carbons (Fsp3) is 0.500. The van der Waals surface area contributed by atoms with Crippen LogP contribution in [0.3, 0.4) is 0 Å². The van der Waals surface area contributed by atoms with Gasteiger partial charge in [0, 0.05) is 11.7 Å². The summed E-state index contributed by atoms with van der Waals surface area (Å²) < 4.78 is 0. The number of carbonyl (C=O) groups is 2. The first-order valence-electron chi connectivity index (χ1n) is 7.16. The zero-order chi connectivity index (χ0) is 16.0. The minimum Gasteiger partial charge on any atom is -0.481 e. The highest BCUT2D eigenvalue weighted by molar-refractivity contribution is 5.93. The summed E-state index contributed by atoms with van der Waals surface area (Å²) in [6.45, 7) is 8.52. The van der Waals surface area contributed by atoms with Gasteiger partial charge in [0.05, 0.1) is 13.0 Å². The highest BCUT2D eigenvalue weighted by atomic mass is 16.4. The number of likely N-dealkylation sites (N-methyl/N-ethyl adjacent to an activating group) is 1. The Labute approximate surface area is 126 Å². The van der Waals surface area contributed by atoms with Crippen molar-refractivity contribution in [1.29, 1.82) is 0 Å². The van der Waals surface area contributed by atoms with Crippen LogP contribution in [0.4, 0.5) is 5.69 Å². The van der Waals surface area contributed by atoms with E-state index in [0.29, 0.717) is 6.54 Å². The van der Waals surface area contributed by atoms with Gasteiger partial charge in [0.15, 0.2) is 0 Å². The lowest BCUT2D eigenvalue weighted by atomic mass is 10.1. The molecule has 1 amide bonds. The number of benzene rings is 1. The molecule has 0 bridgehead atoms. The van der Waals surface area contributed by atoms with E-state index in [1.807, 2.05) is 50.8 Å². The average molecular weight is 292 g/mol. The third kappa shape index (κ3) is 5.55. The summed E-state index contributed by atoms with van der Waals surface area (Å²) in [6.07, 6.45) is 0.0324. The zero-order valence-electron chi connectivity index (χ0n) is 13.1. The van der Waals surface area contributed by atoms with Gasteiger partial charge >= 0.3 is 5.97 Å². The largest absolute Gasteiger partial charge is 0.481 e. The predicted octanol–water partition coefficient (Wildman–Crippen LogP) is 2.43. The van der Waals surface area contributed by atoms with Gasteiger partial charge in [-0.05, 0) is 38.9 Å². The summed E-state index contributed by atoms with van der Waals surface area (Å²) in [5, 5.41) is 11.7. The standard InChI is InChI=1S/C16H24N2O3/c1-5-18(13(4)9-16(20)21)10-15(19)17-14-7-6-11(2)8-12(14)3/h6-8,13H,5,9-10H2,1-4H3,(H,17,19)(H,20,21). The normalized spacial score (nSPS) is 12.2. The van der Waals surface area contributed by atoms with Crippen LogP contribution in [0.15, 0.2) is 18.2 Å². The van der Waals surface area contributed by atoms with E-state index < -0.39 is 5.97 Å². The van der Waals surface area contributed by atoms with Crippen LogP contribution in [0.2, 0.25) is 0 Å². The molecule has 5 nitrogen and oxygen atoms in total. The highest BCUT2D eigenvalue weighted by Crippen LogP contribution is 2.16. The van der Waals surface area contributed by atoms with Gasteiger partial charge in [0.1, 0.15) is 0 Å². The van der Waals surface area contributed by atoms with Crippen molar-refractivity contribution in [3.63, 3.8) is 0 Å². The van der Waals surface area contributed by atoms with E-state index in [4.69, 9.17) is 5.11 Å². The summed E-state index contributed by atoms with van der Waals surface area (Å²) in [5.41, 5.74) is 2.97. The van der Waals surface area contributed by atoms with Crippen molar-refractivity contribution in [2.24, 2.45) is 0 Å². The lowest BCUT2D eigenvalue weighted by molar-refractivity contribution is -0.138. The number of nitrogens with zero attached hydrogens (tertiary/aromatic N) is 1.